The van der Waals surface area contributed by atoms with Crippen LogP contribution in [0.5, 0.6) is 0 Å². The first-order valence-corrected chi connectivity index (χ1v) is 10.7. The van der Waals surface area contributed by atoms with E-state index in [2.05, 4.69) is 40.3 Å². The van der Waals surface area contributed by atoms with E-state index in [1.165, 1.54) is 12.1 Å². The molecular formula is C22H29N5OS. The third-order valence-electron chi connectivity index (χ3n) is 5.27. The molecule has 1 saturated heterocycles. The summed E-state index contributed by atoms with van der Waals surface area (Å²) in [6, 6.07) is 14.2. The molecule has 1 aromatic carbocycles. The van der Waals surface area contributed by atoms with Crippen LogP contribution in [0, 0.1) is 10.7 Å². The number of furan rings is 1. The summed E-state index contributed by atoms with van der Waals surface area (Å²) in [5.41, 5.74) is 1.19. The van der Waals surface area contributed by atoms with Crippen LogP contribution >= 0.6 is 12.2 Å². The van der Waals surface area contributed by atoms with Crippen LogP contribution in [0.4, 0.5) is 0 Å². The minimum Gasteiger partial charge on any atom is -0.461 e. The summed E-state index contributed by atoms with van der Waals surface area (Å²) in [5.74, 6) is 2.23. The van der Waals surface area contributed by atoms with Crippen LogP contribution in [0.25, 0.3) is 11.6 Å². The first-order chi connectivity index (χ1) is 14.1. The summed E-state index contributed by atoms with van der Waals surface area (Å²) in [6.07, 6.45) is 1.68. The molecule has 7 heteroatoms. The normalized spacial score (nSPS) is 16.0. The van der Waals surface area contributed by atoms with Gasteiger partial charge in [-0.1, -0.05) is 44.2 Å². The minimum absolute atomic E-state index is 0.678. The Morgan fingerprint density at radius 3 is 2.38 bits per heavy atom. The molecule has 0 amide bonds. The Bertz CT molecular complexity index is 953. The number of hydrogen-bond donors (Lipinski definition) is 0. The van der Waals surface area contributed by atoms with Gasteiger partial charge >= 0.3 is 0 Å². The molecule has 2 aromatic heterocycles. The highest BCUT2D eigenvalue weighted by molar-refractivity contribution is 7.71. The smallest absolute Gasteiger partial charge is 0.199 e. The molecule has 1 aliphatic heterocycles. The monoisotopic (exact) mass is 411 g/mol. The minimum atomic E-state index is 0.678. The highest BCUT2D eigenvalue weighted by Crippen LogP contribution is 2.21. The third-order valence-corrected chi connectivity index (χ3v) is 5.70. The molecular weight excluding hydrogens is 382 g/mol. The van der Waals surface area contributed by atoms with E-state index in [-0.39, 0.29) is 0 Å². The molecule has 3 heterocycles. The van der Waals surface area contributed by atoms with Crippen molar-refractivity contribution < 1.29 is 4.42 Å². The molecule has 1 aliphatic rings. The first-order valence-electron chi connectivity index (χ1n) is 10.3. The van der Waals surface area contributed by atoms with E-state index in [9.17, 15) is 0 Å². The maximum absolute atomic E-state index is 5.82. The number of benzene rings is 1. The van der Waals surface area contributed by atoms with Gasteiger partial charge in [0.05, 0.1) is 19.5 Å². The molecule has 1 fully saturated rings. The van der Waals surface area contributed by atoms with E-state index < -0.39 is 0 Å². The van der Waals surface area contributed by atoms with Crippen LogP contribution in [0.2, 0.25) is 0 Å². The van der Waals surface area contributed by atoms with Crippen molar-refractivity contribution in [1.29, 1.82) is 0 Å². The molecule has 154 valence electrons. The molecule has 6 nitrogen and oxygen atoms in total. The van der Waals surface area contributed by atoms with Crippen molar-refractivity contribution >= 4 is 12.2 Å². The van der Waals surface area contributed by atoms with Crippen molar-refractivity contribution in [3.63, 3.8) is 0 Å². The maximum Gasteiger partial charge on any atom is 0.199 e. The van der Waals surface area contributed by atoms with E-state index in [1.54, 1.807) is 6.26 Å². The van der Waals surface area contributed by atoms with Gasteiger partial charge in [0, 0.05) is 32.7 Å². The molecule has 0 radical (unpaired) electrons. The highest BCUT2D eigenvalue weighted by atomic mass is 32.1. The Labute approximate surface area is 177 Å². The van der Waals surface area contributed by atoms with Crippen molar-refractivity contribution in [3.8, 4) is 11.6 Å². The van der Waals surface area contributed by atoms with E-state index in [0.29, 0.717) is 19.1 Å². The predicted molar refractivity (Wildman–Crippen MR) is 117 cm³/mol. The van der Waals surface area contributed by atoms with Crippen LogP contribution in [-0.2, 0) is 13.2 Å². The van der Waals surface area contributed by atoms with Gasteiger partial charge in [0.2, 0.25) is 0 Å². The number of hydrogen-bond acceptors (Lipinski definition) is 5. The highest BCUT2D eigenvalue weighted by Gasteiger charge is 2.20. The zero-order valence-electron chi connectivity index (χ0n) is 17.2. The summed E-state index contributed by atoms with van der Waals surface area (Å²) in [6.45, 7) is 11.4. The van der Waals surface area contributed by atoms with Gasteiger partial charge in [-0.25, -0.2) is 4.68 Å². The van der Waals surface area contributed by atoms with Crippen LogP contribution < -0.4 is 0 Å². The van der Waals surface area contributed by atoms with Gasteiger partial charge in [0.15, 0.2) is 16.4 Å². The lowest BCUT2D eigenvalue weighted by molar-refractivity contribution is 0.0950. The lowest BCUT2D eigenvalue weighted by Gasteiger charge is -2.35. The Balaban J connectivity index is 1.54. The summed E-state index contributed by atoms with van der Waals surface area (Å²) in [4.78, 5) is 4.97. The fourth-order valence-electron chi connectivity index (χ4n) is 3.85. The second-order valence-corrected chi connectivity index (χ2v) is 8.47. The van der Waals surface area contributed by atoms with Crippen molar-refractivity contribution in [2.45, 2.75) is 27.1 Å². The first kappa shape index (κ1) is 20.1. The Kier molecular flexibility index (Phi) is 6.28. The van der Waals surface area contributed by atoms with Crippen LogP contribution in [0.1, 0.15) is 19.4 Å². The second kappa shape index (κ2) is 9.07. The van der Waals surface area contributed by atoms with E-state index in [0.717, 1.165) is 42.5 Å². The maximum atomic E-state index is 5.82. The molecule has 0 aliphatic carbocycles. The van der Waals surface area contributed by atoms with Gasteiger partial charge in [0.25, 0.3) is 0 Å². The molecule has 29 heavy (non-hydrogen) atoms. The number of rotatable bonds is 7. The fourth-order valence-corrected chi connectivity index (χ4v) is 4.10. The van der Waals surface area contributed by atoms with Crippen LogP contribution in [0.3, 0.4) is 0 Å². The van der Waals surface area contributed by atoms with Crippen molar-refractivity contribution in [2.24, 2.45) is 5.92 Å². The Morgan fingerprint density at radius 1 is 1.00 bits per heavy atom. The van der Waals surface area contributed by atoms with E-state index in [4.69, 9.17) is 21.7 Å². The summed E-state index contributed by atoms with van der Waals surface area (Å²) < 4.78 is 10.4. The lowest BCUT2D eigenvalue weighted by Crippen LogP contribution is -2.47. The van der Waals surface area contributed by atoms with Crippen molar-refractivity contribution in [3.05, 3.63) is 59.1 Å². The van der Waals surface area contributed by atoms with Crippen molar-refractivity contribution in [1.82, 2.24) is 24.1 Å². The van der Waals surface area contributed by atoms with E-state index >= 15 is 0 Å². The van der Waals surface area contributed by atoms with E-state index in [1.807, 2.05) is 35.0 Å². The van der Waals surface area contributed by atoms with Crippen molar-refractivity contribution in [2.75, 3.05) is 32.7 Å². The van der Waals surface area contributed by atoms with Crippen LogP contribution in [-0.4, -0.2) is 56.9 Å². The second-order valence-electron chi connectivity index (χ2n) is 8.11. The average molecular weight is 412 g/mol. The van der Waals surface area contributed by atoms with Gasteiger partial charge in [-0.15, -0.1) is 5.10 Å². The third kappa shape index (κ3) is 4.86. The van der Waals surface area contributed by atoms with Gasteiger partial charge in [-0.2, -0.15) is 0 Å². The molecule has 0 bridgehead atoms. The number of aromatic nitrogens is 3. The molecule has 0 atom stereocenters. The summed E-state index contributed by atoms with van der Waals surface area (Å²) in [7, 11) is 0. The lowest BCUT2D eigenvalue weighted by atomic mass is 10.2. The largest absolute Gasteiger partial charge is 0.461 e. The molecule has 0 spiro atoms. The van der Waals surface area contributed by atoms with Gasteiger partial charge in [0.1, 0.15) is 0 Å². The molecule has 4 rings (SSSR count). The molecule has 0 unspecified atom stereocenters. The molecule has 0 saturated carbocycles. The Hall–Kier alpha value is -2.22. The van der Waals surface area contributed by atoms with Crippen LogP contribution in [0.15, 0.2) is 53.1 Å². The topological polar surface area (TPSA) is 42.4 Å². The standard InChI is InChI=1S/C22H29N5OS/c1-18(2)15-24-10-12-25(13-11-24)17-27-22(29)26(16-19-7-4-3-5-8-19)21(23-27)20-9-6-14-28-20/h3-9,14,18H,10-13,15-17H2,1-2H3. The quantitative estimate of drug-likeness (QED) is 0.551. The summed E-state index contributed by atoms with van der Waals surface area (Å²) in [5, 5.41) is 4.84. The van der Waals surface area contributed by atoms with Gasteiger partial charge < -0.3 is 9.32 Å². The average Bonchev–Trinajstić information content (AvgIpc) is 3.34. The predicted octanol–water partition coefficient (Wildman–Crippen LogP) is 3.95. The summed E-state index contributed by atoms with van der Waals surface area (Å²) >= 11 is 5.82. The van der Waals surface area contributed by atoms with Gasteiger partial charge in [-0.05, 0) is 35.8 Å². The fraction of sp³-hybridized carbons (Fsp3) is 0.455. The van der Waals surface area contributed by atoms with Gasteiger partial charge in [-0.3, -0.25) is 9.47 Å². The molecule has 3 aromatic rings. The zero-order valence-corrected chi connectivity index (χ0v) is 18.0. The number of nitrogens with zero attached hydrogens (tertiary/aromatic N) is 5. The Morgan fingerprint density at radius 2 is 1.72 bits per heavy atom. The number of piperazine rings is 1. The SMILES string of the molecule is CC(C)CN1CCN(Cn2nc(-c3ccco3)n(Cc3ccccc3)c2=S)CC1. The zero-order chi connectivity index (χ0) is 20.2. The molecule has 0 N–H and O–H groups in total.